The van der Waals surface area contributed by atoms with E-state index in [0.717, 1.165) is 5.56 Å². The van der Waals surface area contributed by atoms with E-state index in [-0.39, 0.29) is 30.0 Å². The van der Waals surface area contributed by atoms with Gasteiger partial charge in [-0.3, -0.25) is 4.79 Å². The van der Waals surface area contributed by atoms with Crippen LogP contribution < -0.4 is 0 Å². The summed E-state index contributed by atoms with van der Waals surface area (Å²) in [7, 11) is 0. The Balaban J connectivity index is 1.53. The standard InChI is InChI=1S/C19H22N2O4/c1-13(2)18-17(20-12-25-18)19(23)24-11-15-8-16(22)21(10-15)9-14-6-4-3-5-7-14/h3-7,12-13,15H,8-11H2,1-2H3/t15-/m1/s1. The minimum atomic E-state index is -0.494. The number of nitrogens with zero attached hydrogens (tertiary/aromatic N) is 2. The average molecular weight is 342 g/mol. The summed E-state index contributed by atoms with van der Waals surface area (Å²) < 4.78 is 10.6. The van der Waals surface area contributed by atoms with Crippen molar-refractivity contribution in [2.45, 2.75) is 32.7 Å². The summed E-state index contributed by atoms with van der Waals surface area (Å²) in [5.74, 6) is 0.188. The smallest absolute Gasteiger partial charge is 0.360 e. The van der Waals surface area contributed by atoms with Crippen LogP contribution in [0.3, 0.4) is 0 Å². The van der Waals surface area contributed by atoms with Crippen LogP contribution in [-0.2, 0) is 16.1 Å². The van der Waals surface area contributed by atoms with Gasteiger partial charge in [0.05, 0.1) is 6.61 Å². The van der Waals surface area contributed by atoms with Crippen LogP contribution >= 0.6 is 0 Å². The normalized spacial score (nSPS) is 17.3. The van der Waals surface area contributed by atoms with Gasteiger partial charge in [0, 0.05) is 31.3 Å². The van der Waals surface area contributed by atoms with E-state index in [2.05, 4.69) is 4.98 Å². The summed E-state index contributed by atoms with van der Waals surface area (Å²) in [4.78, 5) is 30.1. The molecular formula is C19H22N2O4. The van der Waals surface area contributed by atoms with Crippen molar-refractivity contribution < 1.29 is 18.7 Å². The van der Waals surface area contributed by atoms with Gasteiger partial charge in [-0.2, -0.15) is 0 Å². The lowest BCUT2D eigenvalue weighted by Gasteiger charge is -2.16. The third-order valence-corrected chi connectivity index (χ3v) is 4.27. The van der Waals surface area contributed by atoms with Crippen molar-refractivity contribution in [3.8, 4) is 0 Å². The van der Waals surface area contributed by atoms with Crippen LogP contribution in [-0.4, -0.2) is 34.9 Å². The SMILES string of the molecule is CC(C)c1ocnc1C(=O)OC[C@@H]1CC(=O)N(Cc2ccccc2)C1. The number of oxazole rings is 1. The van der Waals surface area contributed by atoms with Crippen LogP contribution in [0.4, 0.5) is 0 Å². The third-order valence-electron chi connectivity index (χ3n) is 4.27. The summed E-state index contributed by atoms with van der Waals surface area (Å²) in [5, 5.41) is 0. The highest BCUT2D eigenvalue weighted by molar-refractivity contribution is 5.88. The van der Waals surface area contributed by atoms with Gasteiger partial charge in [-0.05, 0) is 5.56 Å². The molecule has 1 aromatic carbocycles. The van der Waals surface area contributed by atoms with Gasteiger partial charge < -0.3 is 14.1 Å². The summed E-state index contributed by atoms with van der Waals surface area (Å²) >= 11 is 0. The Morgan fingerprint density at radius 3 is 2.84 bits per heavy atom. The highest BCUT2D eigenvalue weighted by atomic mass is 16.5. The van der Waals surface area contributed by atoms with Crippen LogP contribution in [0, 0.1) is 5.92 Å². The van der Waals surface area contributed by atoms with Crippen LogP contribution in [0.25, 0.3) is 0 Å². The number of rotatable bonds is 6. The van der Waals surface area contributed by atoms with E-state index in [1.165, 1.54) is 6.39 Å². The molecule has 0 saturated carbocycles. The molecule has 1 amide bonds. The highest BCUT2D eigenvalue weighted by Crippen LogP contribution is 2.22. The van der Waals surface area contributed by atoms with Crippen molar-refractivity contribution in [1.82, 2.24) is 9.88 Å². The fourth-order valence-corrected chi connectivity index (χ4v) is 3.00. The van der Waals surface area contributed by atoms with Gasteiger partial charge in [0.25, 0.3) is 0 Å². The van der Waals surface area contributed by atoms with Gasteiger partial charge in [0.1, 0.15) is 5.76 Å². The maximum absolute atomic E-state index is 12.2. The van der Waals surface area contributed by atoms with Gasteiger partial charge >= 0.3 is 5.97 Å². The molecule has 6 heteroatoms. The molecule has 1 aliphatic rings. The fourth-order valence-electron chi connectivity index (χ4n) is 3.00. The van der Waals surface area contributed by atoms with Crippen LogP contribution in [0.15, 0.2) is 41.1 Å². The second-order valence-corrected chi connectivity index (χ2v) is 6.65. The molecule has 2 heterocycles. The number of hydrogen-bond acceptors (Lipinski definition) is 5. The zero-order chi connectivity index (χ0) is 17.8. The molecule has 25 heavy (non-hydrogen) atoms. The number of aromatic nitrogens is 1. The Bertz CT molecular complexity index is 739. The first kappa shape index (κ1) is 17.2. The lowest BCUT2D eigenvalue weighted by molar-refractivity contribution is -0.128. The molecule has 3 rings (SSSR count). The van der Waals surface area contributed by atoms with E-state index in [0.29, 0.717) is 25.3 Å². The lowest BCUT2D eigenvalue weighted by atomic mass is 10.1. The van der Waals surface area contributed by atoms with E-state index in [4.69, 9.17) is 9.15 Å². The summed E-state index contributed by atoms with van der Waals surface area (Å²) in [6, 6.07) is 9.86. The second-order valence-electron chi connectivity index (χ2n) is 6.65. The van der Waals surface area contributed by atoms with Crippen molar-refractivity contribution in [3.63, 3.8) is 0 Å². The number of ether oxygens (including phenoxy) is 1. The quantitative estimate of drug-likeness (QED) is 0.755. The first-order chi connectivity index (χ1) is 12.0. The molecule has 0 spiro atoms. The van der Waals surface area contributed by atoms with Gasteiger partial charge in [0.15, 0.2) is 12.1 Å². The molecule has 132 valence electrons. The molecular weight excluding hydrogens is 320 g/mol. The van der Waals surface area contributed by atoms with Crippen molar-refractivity contribution in [2.24, 2.45) is 5.92 Å². The molecule has 1 atom stereocenters. The molecule has 1 aliphatic heterocycles. The summed E-state index contributed by atoms with van der Waals surface area (Å²) in [6.45, 7) is 5.24. The second kappa shape index (κ2) is 7.51. The Labute approximate surface area is 146 Å². The Hall–Kier alpha value is -2.63. The predicted octanol–water partition coefficient (Wildman–Crippen LogP) is 3.00. The van der Waals surface area contributed by atoms with Crippen molar-refractivity contribution in [2.75, 3.05) is 13.2 Å². The molecule has 0 N–H and O–H groups in total. The number of esters is 1. The number of amides is 1. The van der Waals surface area contributed by atoms with Crippen LogP contribution in [0.1, 0.15) is 48.0 Å². The van der Waals surface area contributed by atoms with Crippen molar-refractivity contribution >= 4 is 11.9 Å². The van der Waals surface area contributed by atoms with E-state index >= 15 is 0 Å². The minimum absolute atomic E-state index is 0.00885. The van der Waals surface area contributed by atoms with Crippen molar-refractivity contribution in [1.29, 1.82) is 0 Å². The Kier molecular flexibility index (Phi) is 5.16. The number of likely N-dealkylation sites (tertiary alicyclic amines) is 1. The molecule has 1 fully saturated rings. The number of benzene rings is 1. The molecule has 0 bridgehead atoms. The van der Waals surface area contributed by atoms with Gasteiger partial charge in [-0.25, -0.2) is 9.78 Å². The maximum atomic E-state index is 12.2. The minimum Gasteiger partial charge on any atom is -0.460 e. The monoisotopic (exact) mass is 342 g/mol. The van der Waals surface area contributed by atoms with E-state index in [1.54, 1.807) is 0 Å². The first-order valence-electron chi connectivity index (χ1n) is 8.46. The van der Waals surface area contributed by atoms with E-state index in [1.807, 2.05) is 49.1 Å². The largest absolute Gasteiger partial charge is 0.460 e. The summed E-state index contributed by atoms with van der Waals surface area (Å²) in [5.41, 5.74) is 1.32. The number of carbonyl (C=O) groups is 2. The lowest BCUT2D eigenvalue weighted by Crippen LogP contribution is -2.25. The summed E-state index contributed by atoms with van der Waals surface area (Å²) in [6.07, 6.45) is 1.66. The molecule has 0 unspecified atom stereocenters. The average Bonchev–Trinajstić information content (AvgIpc) is 3.21. The molecule has 1 saturated heterocycles. The highest BCUT2D eigenvalue weighted by Gasteiger charge is 2.31. The Morgan fingerprint density at radius 2 is 2.12 bits per heavy atom. The predicted molar refractivity (Wildman–Crippen MR) is 90.8 cm³/mol. The number of carbonyl (C=O) groups excluding carboxylic acids is 2. The molecule has 2 aromatic rings. The zero-order valence-corrected chi connectivity index (χ0v) is 14.5. The topological polar surface area (TPSA) is 72.6 Å². The third kappa shape index (κ3) is 4.07. The maximum Gasteiger partial charge on any atom is 0.360 e. The van der Waals surface area contributed by atoms with Crippen LogP contribution in [0.5, 0.6) is 0 Å². The molecule has 6 nitrogen and oxygen atoms in total. The van der Waals surface area contributed by atoms with E-state index < -0.39 is 5.97 Å². The molecule has 0 radical (unpaired) electrons. The van der Waals surface area contributed by atoms with Gasteiger partial charge in [0.2, 0.25) is 5.91 Å². The number of hydrogen-bond donors (Lipinski definition) is 0. The van der Waals surface area contributed by atoms with Crippen LogP contribution in [0.2, 0.25) is 0 Å². The fraction of sp³-hybridized carbons (Fsp3) is 0.421. The van der Waals surface area contributed by atoms with Gasteiger partial charge in [-0.15, -0.1) is 0 Å². The van der Waals surface area contributed by atoms with Gasteiger partial charge in [-0.1, -0.05) is 44.2 Å². The Morgan fingerprint density at radius 1 is 1.36 bits per heavy atom. The molecule has 1 aromatic heterocycles. The van der Waals surface area contributed by atoms with E-state index in [9.17, 15) is 9.59 Å². The first-order valence-corrected chi connectivity index (χ1v) is 8.46. The zero-order valence-electron chi connectivity index (χ0n) is 14.5. The molecule has 0 aliphatic carbocycles. The van der Waals surface area contributed by atoms with Crippen molar-refractivity contribution in [3.05, 3.63) is 53.7 Å².